The molecule has 4 heteroatoms. The smallest absolute Gasteiger partial charge is 0.282 e. The zero-order valence-corrected chi connectivity index (χ0v) is 10.1. The van der Waals surface area contributed by atoms with E-state index >= 15 is 0 Å². The van der Waals surface area contributed by atoms with Gasteiger partial charge < -0.3 is 0 Å². The molecule has 17 heavy (non-hydrogen) atoms. The van der Waals surface area contributed by atoms with Crippen molar-refractivity contribution in [2.75, 3.05) is 0 Å². The number of aryl methyl sites for hydroxylation is 1. The van der Waals surface area contributed by atoms with Crippen LogP contribution in [-0.2, 0) is 10.1 Å². The van der Waals surface area contributed by atoms with Crippen LogP contribution in [0.25, 0.3) is 11.1 Å². The molecule has 88 valence electrons. The number of hydrogen-bond donors (Lipinski definition) is 1. The Bertz CT molecular complexity index is 631. The molecule has 0 atom stereocenters. The lowest BCUT2D eigenvalue weighted by atomic mass is 10.0. The van der Waals surface area contributed by atoms with Crippen LogP contribution in [0.1, 0.15) is 5.56 Å². The molecule has 2 aromatic carbocycles. The third kappa shape index (κ3) is 2.38. The van der Waals surface area contributed by atoms with Gasteiger partial charge in [-0.2, -0.15) is 8.42 Å². The highest BCUT2D eigenvalue weighted by Crippen LogP contribution is 2.30. The van der Waals surface area contributed by atoms with Gasteiger partial charge in [-0.1, -0.05) is 42.5 Å². The Labute approximate surface area is 100 Å². The highest BCUT2D eigenvalue weighted by molar-refractivity contribution is 7.86. The Hall–Kier alpha value is -1.65. The van der Waals surface area contributed by atoms with Gasteiger partial charge in [-0.25, -0.2) is 0 Å². The van der Waals surface area contributed by atoms with E-state index < -0.39 is 10.1 Å². The van der Waals surface area contributed by atoms with Gasteiger partial charge in [-0.15, -0.1) is 0 Å². The minimum absolute atomic E-state index is 0.0521. The van der Waals surface area contributed by atoms with Crippen LogP contribution in [0, 0.1) is 6.92 Å². The summed E-state index contributed by atoms with van der Waals surface area (Å²) in [7, 11) is -4.20. The first-order chi connectivity index (χ1) is 8.00. The molecular weight excluding hydrogens is 236 g/mol. The first kappa shape index (κ1) is 11.8. The molecule has 0 heterocycles. The van der Waals surface area contributed by atoms with Gasteiger partial charge in [0.25, 0.3) is 10.1 Å². The van der Waals surface area contributed by atoms with Crippen molar-refractivity contribution >= 4 is 10.1 Å². The summed E-state index contributed by atoms with van der Waals surface area (Å²) in [6.07, 6.45) is 0. The van der Waals surface area contributed by atoms with Crippen LogP contribution in [0.5, 0.6) is 0 Å². The summed E-state index contributed by atoms with van der Waals surface area (Å²) in [6, 6.07) is 14.0. The standard InChI is InChI=1S/C13H12O3S/c1-10-6-5-9-12(17(14,15)16)13(10)11-7-3-2-4-8-11/h2-9H,1H3,(H,14,15,16). The molecule has 0 saturated heterocycles. The fourth-order valence-corrected chi connectivity index (χ4v) is 2.62. The van der Waals surface area contributed by atoms with Gasteiger partial charge in [0, 0.05) is 5.56 Å². The van der Waals surface area contributed by atoms with E-state index in [1.54, 1.807) is 6.07 Å². The molecule has 3 nitrogen and oxygen atoms in total. The maximum Gasteiger partial charge on any atom is 0.295 e. The summed E-state index contributed by atoms with van der Waals surface area (Å²) in [4.78, 5) is -0.0521. The summed E-state index contributed by atoms with van der Waals surface area (Å²) >= 11 is 0. The lowest BCUT2D eigenvalue weighted by Gasteiger charge is -2.10. The maximum absolute atomic E-state index is 11.3. The molecule has 0 fully saturated rings. The lowest BCUT2D eigenvalue weighted by Crippen LogP contribution is -2.02. The molecule has 0 aliphatic heterocycles. The summed E-state index contributed by atoms with van der Waals surface area (Å²) < 4.78 is 31.9. The topological polar surface area (TPSA) is 54.4 Å². The van der Waals surface area contributed by atoms with E-state index in [9.17, 15) is 13.0 Å². The Morgan fingerprint density at radius 1 is 0.941 bits per heavy atom. The van der Waals surface area contributed by atoms with Crippen molar-refractivity contribution in [2.45, 2.75) is 11.8 Å². The predicted molar refractivity (Wildman–Crippen MR) is 66.4 cm³/mol. The molecule has 0 radical (unpaired) electrons. The first-order valence-corrected chi connectivity index (χ1v) is 6.56. The van der Waals surface area contributed by atoms with Crippen LogP contribution in [-0.4, -0.2) is 13.0 Å². The van der Waals surface area contributed by atoms with Gasteiger partial charge in [-0.05, 0) is 24.1 Å². The number of rotatable bonds is 2. The summed E-state index contributed by atoms with van der Waals surface area (Å²) in [5.41, 5.74) is 2.14. The minimum atomic E-state index is -4.20. The maximum atomic E-state index is 11.3. The van der Waals surface area contributed by atoms with Crippen LogP contribution >= 0.6 is 0 Å². The van der Waals surface area contributed by atoms with E-state index in [0.29, 0.717) is 5.56 Å². The minimum Gasteiger partial charge on any atom is -0.282 e. The van der Waals surface area contributed by atoms with Crippen molar-refractivity contribution in [1.29, 1.82) is 0 Å². The normalized spacial score (nSPS) is 11.4. The van der Waals surface area contributed by atoms with Crippen LogP contribution in [0.3, 0.4) is 0 Å². The molecule has 0 aromatic heterocycles. The van der Waals surface area contributed by atoms with Crippen LogP contribution < -0.4 is 0 Å². The van der Waals surface area contributed by atoms with Gasteiger partial charge in [0.2, 0.25) is 0 Å². The van der Waals surface area contributed by atoms with Crippen LogP contribution in [0.4, 0.5) is 0 Å². The molecule has 0 aliphatic rings. The van der Waals surface area contributed by atoms with Crippen molar-refractivity contribution < 1.29 is 13.0 Å². The second kappa shape index (κ2) is 4.31. The van der Waals surface area contributed by atoms with Crippen molar-refractivity contribution in [3.05, 3.63) is 54.1 Å². The zero-order valence-electron chi connectivity index (χ0n) is 9.29. The third-order valence-corrected chi connectivity index (χ3v) is 3.47. The first-order valence-electron chi connectivity index (χ1n) is 5.12. The largest absolute Gasteiger partial charge is 0.295 e. The van der Waals surface area contributed by atoms with Gasteiger partial charge in [-0.3, -0.25) is 4.55 Å². The number of benzene rings is 2. The summed E-state index contributed by atoms with van der Waals surface area (Å²) in [5, 5.41) is 0. The molecule has 0 aliphatic carbocycles. The predicted octanol–water partition coefficient (Wildman–Crippen LogP) is 2.91. The SMILES string of the molecule is Cc1cccc(S(=O)(=O)O)c1-c1ccccc1. The van der Waals surface area contributed by atoms with Crippen molar-refractivity contribution in [2.24, 2.45) is 0 Å². The van der Waals surface area contributed by atoms with E-state index in [2.05, 4.69) is 0 Å². The van der Waals surface area contributed by atoms with Crippen molar-refractivity contribution in [3.8, 4) is 11.1 Å². The van der Waals surface area contributed by atoms with Crippen molar-refractivity contribution in [1.82, 2.24) is 0 Å². The molecule has 0 saturated carbocycles. The Balaban J connectivity index is 2.78. The number of hydrogen-bond acceptors (Lipinski definition) is 2. The molecule has 0 bridgehead atoms. The van der Waals surface area contributed by atoms with Gasteiger partial charge in [0.05, 0.1) is 0 Å². The highest BCUT2D eigenvalue weighted by atomic mass is 32.2. The van der Waals surface area contributed by atoms with Crippen LogP contribution in [0.15, 0.2) is 53.4 Å². The monoisotopic (exact) mass is 248 g/mol. The summed E-state index contributed by atoms with van der Waals surface area (Å²) in [6.45, 7) is 1.82. The van der Waals surface area contributed by atoms with Crippen molar-refractivity contribution in [3.63, 3.8) is 0 Å². The van der Waals surface area contributed by atoms with Gasteiger partial charge >= 0.3 is 0 Å². The second-order valence-corrected chi connectivity index (χ2v) is 5.18. The fourth-order valence-electron chi connectivity index (χ4n) is 1.83. The molecule has 2 aromatic rings. The van der Waals surface area contributed by atoms with E-state index in [4.69, 9.17) is 0 Å². The highest BCUT2D eigenvalue weighted by Gasteiger charge is 2.17. The Morgan fingerprint density at radius 3 is 2.18 bits per heavy atom. The zero-order chi connectivity index (χ0) is 12.5. The lowest BCUT2D eigenvalue weighted by molar-refractivity contribution is 0.483. The van der Waals surface area contributed by atoms with Gasteiger partial charge in [0.1, 0.15) is 4.90 Å². The van der Waals surface area contributed by atoms with Gasteiger partial charge in [0.15, 0.2) is 0 Å². The molecular formula is C13H12O3S. The summed E-state index contributed by atoms with van der Waals surface area (Å²) in [5.74, 6) is 0. The quantitative estimate of drug-likeness (QED) is 0.831. The van der Waals surface area contributed by atoms with E-state index in [1.165, 1.54) is 6.07 Å². The average molecular weight is 248 g/mol. The average Bonchev–Trinajstić information content (AvgIpc) is 2.28. The molecule has 0 unspecified atom stereocenters. The molecule has 2 rings (SSSR count). The Morgan fingerprint density at radius 2 is 1.59 bits per heavy atom. The Kier molecular flexibility index (Phi) is 3.00. The molecule has 0 amide bonds. The fraction of sp³-hybridized carbons (Fsp3) is 0.0769. The second-order valence-electron chi connectivity index (χ2n) is 3.79. The third-order valence-electron chi connectivity index (χ3n) is 2.57. The molecule has 0 spiro atoms. The van der Waals surface area contributed by atoms with E-state index in [-0.39, 0.29) is 4.90 Å². The van der Waals surface area contributed by atoms with Crippen LogP contribution in [0.2, 0.25) is 0 Å². The van der Waals surface area contributed by atoms with E-state index in [0.717, 1.165) is 11.1 Å². The molecule has 1 N–H and O–H groups in total. The van der Waals surface area contributed by atoms with E-state index in [1.807, 2.05) is 43.3 Å².